The van der Waals surface area contributed by atoms with Gasteiger partial charge >= 0.3 is 0 Å². The van der Waals surface area contributed by atoms with Crippen LogP contribution in [0, 0.1) is 25.2 Å². The molecule has 0 atom stereocenters. The van der Waals surface area contributed by atoms with Crippen molar-refractivity contribution in [1.82, 2.24) is 9.97 Å². The number of thioether (sulfide) groups is 1. The van der Waals surface area contributed by atoms with Gasteiger partial charge in [0.25, 0.3) is 0 Å². The van der Waals surface area contributed by atoms with Crippen molar-refractivity contribution in [3.05, 3.63) is 46.6 Å². The van der Waals surface area contributed by atoms with E-state index in [-0.39, 0.29) is 5.82 Å². The van der Waals surface area contributed by atoms with Crippen molar-refractivity contribution in [1.29, 1.82) is 5.26 Å². The van der Waals surface area contributed by atoms with Crippen molar-refractivity contribution in [2.45, 2.75) is 24.8 Å². The molecule has 0 radical (unpaired) electrons. The Kier molecular flexibility index (Phi) is 4.03. The second-order valence-corrected chi connectivity index (χ2v) is 5.12. The van der Waals surface area contributed by atoms with Crippen molar-refractivity contribution in [3.63, 3.8) is 0 Å². The Bertz CT molecular complexity index is 623. The van der Waals surface area contributed by atoms with Crippen LogP contribution in [0.25, 0.3) is 0 Å². The highest BCUT2D eigenvalue weighted by molar-refractivity contribution is 7.98. The molecule has 0 aliphatic heterocycles. The molecule has 96 valence electrons. The van der Waals surface area contributed by atoms with E-state index in [0.717, 1.165) is 5.75 Å². The largest absolute Gasteiger partial charge is 0.382 e. The van der Waals surface area contributed by atoms with Gasteiger partial charge in [0.2, 0.25) is 0 Å². The Morgan fingerprint density at radius 2 is 2.00 bits per heavy atom. The Morgan fingerprint density at radius 3 is 2.63 bits per heavy atom. The van der Waals surface area contributed by atoms with Crippen LogP contribution in [0.4, 0.5) is 5.82 Å². The van der Waals surface area contributed by atoms with Crippen molar-refractivity contribution >= 4 is 17.6 Å². The number of hydrogen-bond donors (Lipinski definition) is 1. The van der Waals surface area contributed by atoms with Crippen LogP contribution in [-0.2, 0) is 5.75 Å². The summed E-state index contributed by atoms with van der Waals surface area (Å²) in [5.74, 6) is 1.04. The van der Waals surface area contributed by atoms with Gasteiger partial charge in [0.1, 0.15) is 17.5 Å². The van der Waals surface area contributed by atoms with Crippen LogP contribution >= 0.6 is 11.8 Å². The number of aromatic nitrogens is 2. The summed E-state index contributed by atoms with van der Waals surface area (Å²) in [7, 11) is 0. The summed E-state index contributed by atoms with van der Waals surface area (Å²) in [6.45, 7) is 3.85. The third kappa shape index (κ3) is 3.04. The van der Waals surface area contributed by atoms with Gasteiger partial charge in [-0.25, -0.2) is 9.97 Å². The molecule has 4 nitrogen and oxygen atoms in total. The Morgan fingerprint density at radius 1 is 1.26 bits per heavy atom. The summed E-state index contributed by atoms with van der Waals surface area (Å²) in [5.41, 5.74) is 9.22. The minimum atomic E-state index is 0.252. The lowest BCUT2D eigenvalue weighted by molar-refractivity contribution is 0.932. The van der Waals surface area contributed by atoms with Gasteiger partial charge in [-0.15, -0.1) is 0 Å². The predicted octanol–water partition coefficient (Wildman–Crippen LogP) is 2.84. The quantitative estimate of drug-likeness (QED) is 0.685. The number of nitriles is 1. The molecule has 1 aromatic heterocycles. The van der Waals surface area contributed by atoms with Gasteiger partial charge < -0.3 is 5.73 Å². The first kappa shape index (κ1) is 13.4. The molecule has 0 aliphatic carbocycles. The molecule has 19 heavy (non-hydrogen) atoms. The summed E-state index contributed by atoms with van der Waals surface area (Å²) in [6, 6.07) is 10.2. The third-order valence-electron chi connectivity index (χ3n) is 2.83. The van der Waals surface area contributed by atoms with E-state index in [0.29, 0.717) is 16.4 Å². The molecule has 0 amide bonds. The van der Waals surface area contributed by atoms with Gasteiger partial charge in [0, 0.05) is 5.75 Å². The number of anilines is 1. The summed E-state index contributed by atoms with van der Waals surface area (Å²) >= 11 is 1.52. The van der Waals surface area contributed by atoms with E-state index in [1.165, 1.54) is 22.9 Å². The van der Waals surface area contributed by atoms with Gasteiger partial charge in [0.15, 0.2) is 5.16 Å². The molecule has 0 fully saturated rings. The number of hydrogen-bond acceptors (Lipinski definition) is 5. The van der Waals surface area contributed by atoms with E-state index in [2.05, 4.69) is 29.0 Å². The molecular weight excluding hydrogens is 256 g/mol. The van der Waals surface area contributed by atoms with E-state index in [1.54, 1.807) is 6.92 Å². The van der Waals surface area contributed by atoms with Crippen molar-refractivity contribution in [3.8, 4) is 6.07 Å². The summed E-state index contributed by atoms with van der Waals surface area (Å²) < 4.78 is 0. The van der Waals surface area contributed by atoms with Gasteiger partial charge in [-0.05, 0) is 25.0 Å². The van der Waals surface area contributed by atoms with E-state index in [4.69, 9.17) is 11.0 Å². The van der Waals surface area contributed by atoms with Crippen LogP contribution in [0.5, 0.6) is 0 Å². The highest BCUT2D eigenvalue weighted by atomic mass is 32.2. The standard InChI is InChI=1S/C14H14N4S/c1-9-5-3-4-6-11(9)8-19-14-17-10(2)12(7-15)13(16)18-14/h3-6H,8H2,1-2H3,(H2,16,17,18). The first-order valence-corrected chi connectivity index (χ1v) is 6.82. The van der Waals surface area contributed by atoms with Gasteiger partial charge in [-0.2, -0.15) is 5.26 Å². The summed E-state index contributed by atoms with van der Waals surface area (Å²) in [6.07, 6.45) is 0. The average molecular weight is 270 g/mol. The lowest BCUT2D eigenvalue weighted by Gasteiger charge is -2.06. The van der Waals surface area contributed by atoms with Crippen LogP contribution in [-0.4, -0.2) is 9.97 Å². The number of aryl methyl sites for hydroxylation is 2. The Labute approximate surface area is 116 Å². The van der Waals surface area contributed by atoms with Gasteiger partial charge in [-0.3, -0.25) is 0 Å². The number of nitrogens with two attached hydrogens (primary N) is 1. The molecular formula is C14H14N4S. The molecule has 0 saturated heterocycles. The Balaban J connectivity index is 2.17. The molecule has 2 N–H and O–H groups in total. The molecule has 1 aromatic carbocycles. The number of nitrogens with zero attached hydrogens (tertiary/aromatic N) is 3. The average Bonchev–Trinajstić information content (AvgIpc) is 2.37. The van der Waals surface area contributed by atoms with Crippen LogP contribution in [0.3, 0.4) is 0 Å². The topological polar surface area (TPSA) is 75.6 Å². The lowest BCUT2D eigenvalue weighted by Crippen LogP contribution is -2.02. The molecule has 5 heteroatoms. The fourth-order valence-electron chi connectivity index (χ4n) is 1.69. The highest BCUT2D eigenvalue weighted by Crippen LogP contribution is 2.23. The maximum absolute atomic E-state index is 8.92. The van der Waals surface area contributed by atoms with Crippen LogP contribution in [0.1, 0.15) is 22.4 Å². The molecule has 0 unspecified atom stereocenters. The van der Waals surface area contributed by atoms with Crippen molar-refractivity contribution < 1.29 is 0 Å². The second-order valence-electron chi connectivity index (χ2n) is 4.18. The number of nitrogen functional groups attached to an aromatic ring is 1. The molecule has 2 rings (SSSR count). The van der Waals surface area contributed by atoms with E-state index in [9.17, 15) is 0 Å². The highest BCUT2D eigenvalue weighted by Gasteiger charge is 2.09. The second kappa shape index (κ2) is 5.72. The summed E-state index contributed by atoms with van der Waals surface area (Å²) in [4.78, 5) is 8.46. The Hall–Kier alpha value is -2.06. The molecule has 0 bridgehead atoms. The van der Waals surface area contributed by atoms with E-state index < -0.39 is 0 Å². The number of rotatable bonds is 3. The molecule has 0 aliphatic rings. The van der Waals surface area contributed by atoms with Crippen molar-refractivity contribution in [2.75, 3.05) is 5.73 Å². The lowest BCUT2D eigenvalue weighted by atomic mass is 10.1. The van der Waals surface area contributed by atoms with Crippen LogP contribution in [0.2, 0.25) is 0 Å². The summed E-state index contributed by atoms with van der Waals surface area (Å²) in [5, 5.41) is 9.53. The SMILES string of the molecule is Cc1ccccc1CSc1nc(C)c(C#N)c(N)n1. The minimum absolute atomic E-state index is 0.252. The zero-order valence-electron chi connectivity index (χ0n) is 10.8. The monoisotopic (exact) mass is 270 g/mol. The predicted molar refractivity (Wildman–Crippen MR) is 76.6 cm³/mol. The van der Waals surface area contributed by atoms with E-state index in [1.807, 2.05) is 18.2 Å². The molecule has 0 saturated carbocycles. The normalized spacial score (nSPS) is 10.2. The zero-order chi connectivity index (χ0) is 13.8. The van der Waals surface area contributed by atoms with Crippen molar-refractivity contribution in [2.24, 2.45) is 0 Å². The van der Waals surface area contributed by atoms with Gasteiger partial charge in [-0.1, -0.05) is 36.0 Å². The molecule has 2 aromatic rings. The van der Waals surface area contributed by atoms with Crippen LogP contribution in [0.15, 0.2) is 29.4 Å². The van der Waals surface area contributed by atoms with Crippen LogP contribution < -0.4 is 5.73 Å². The van der Waals surface area contributed by atoms with E-state index >= 15 is 0 Å². The van der Waals surface area contributed by atoms with Gasteiger partial charge in [0.05, 0.1) is 5.69 Å². The minimum Gasteiger partial charge on any atom is -0.382 e. The fourth-order valence-corrected chi connectivity index (χ4v) is 2.66. The molecule has 1 heterocycles. The first-order chi connectivity index (χ1) is 9.11. The smallest absolute Gasteiger partial charge is 0.190 e. The molecule has 0 spiro atoms. The number of benzene rings is 1. The maximum atomic E-state index is 8.92. The zero-order valence-corrected chi connectivity index (χ0v) is 11.7. The first-order valence-electron chi connectivity index (χ1n) is 5.83. The maximum Gasteiger partial charge on any atom is 0.190 e. The fraction of sp³-hybridized carbons (Fsp3) is 0.214. The third-order valence-corrected chi connectivity index (χ3v) is 3.72.